The molecule has 0 amide bonds. The van der Waals surface area contributed by atoms with E-state index in [0.717, 1.165) is 36.0 Å². The lowest BCUT2D eigenvalue weighted by atomic mass is 10.2. The lowest BCUT2D eigenvalue weighted by Gasteiger charge is -2.17. The van der Waals surface area contributed by atoms with Crippen LogP contribution in [0.5, 0.6) is 0 Å². The Labute approximate surface area is 125 Å². The average Bonchev–Trinajstić information content (AvgIpc) is 2.99. The first-order valence-electron chi connectivity index (χ1n) is 7.18. The number of rotatable bonds is 6. The van der Waals surface area contributed by atoms with E-state index in [1.165, 1.54) is 5.69 Å². The van der Waals surface area contributed by atoms with Crippen LogP contribution in [0.2, 0.25) is 5.02 Å². The van der Waals surface area contributed by atoms with Crippen LogP contribution in [0.3, 0.4) is 0 Å². The van der Waals surface area contributed by atoms with Crippen LogP contribution in [-0.2, 0) is 13.1 Å². The number of hydrogen-bond donors (Lipinski definition) is 1. The molecule has 0 aromatic carbocycles. The van der Waals surface area contributed by atoms with Crippen LogP contribution in [0, 0.1) is 6.92 Å². The first-order chi connectivity index (χ1) is 9.58. The zero-order chi connectivity index (χ0) is 14.7. The van der Waals surface area contributed by atoms with Gasteiger partial charge in [-0.2, -0.15) is 5.10 Å². The predicted molar refractivity (Wildman–Crippen MR) is 83.3 cm³/mol. The van der Waals surface area contributed by atoms with E-state index in [4.69, 9.17) is 11.6 Å². The van der Waals surface area contributed by atoms with Crippen molar-refractivity contribution in [2.45, 2.75) is 46.8 Å². The van der Waals surface area contributed by atoms with Crippen molar-refractivity contribution in [2.24, 2.45) is 0 Å². The quantitative estimate of drug-likeness (QED) is 0.886. The second kappa shape index (κ2) is 6.46. The molecule has 2 rings (SSSR count). The summed E-state index contributed by atoms with van der Waals surface area (Å²) in [5.74, 6) is 0. The van der Waals surface area contributed by atoms with E-state index < -0.39 is 0 Å². The van der Waals surface area contributed by atoms with Gasteiger partial charge in [-0.25, -0.2) is 0 Å². The van der Waals surface area contributed by atoms with Crippen molar-refractivity contribution in [2.75, 3.05) is 6.54 Å². The molecule has 1 unspecified atom stereocenters. The maximum Gasteiger partial charge on any atom is 0.0865 e. The summed E-state index contributed by atoms with van der Waals surface area (Å²) in [6, 6.07) is 4.56. The Hall–Kier alpha value is -1.26. The van der Waals surface area contributed by atoms with Gasteiger partial charge in [0, 0.05) is 24.5 Å². The fraction of sp³-hybridized carbons (Fsp3) is 0.533. The summed E-state index contributed by atoms with van der Waals surface area (Å²) in [6.45, 7) is 10.9. The molecule has 110 valence electrons. The highest BCUT2D eigenvalue weighted by Crippen LogP contribution is 2.23. The van der Waals surface area contributed by atoms with Gasteiger partial charge in [-0.15, -0.1) is 0 Å². The molecular formula is C15H23ClN4. The third-order valence-electron chi connectivity index (χ3n) is 3.59. The predicted octanol–water partition coefficient (Wildman–Crippen LogP) is 3.39. The Balaban J connectivity index is 2.29. The number of nitrogens with zero attached hydrogens (tertiary/aromatic N) is 3. The van der Waals surface area contributed by atoms with Gasteiger partial charge in [0.15, 0.2) is 0 Å². The van der Waals surface area contributed by atoms with Gasteiger partial charge in [-0.3, -0.25) is 4.68 Å². The molecule has 0 saturated heterocycles. The fourth-order valence-corrected chi connectivity index (χ4v) is 2.75. The number of aryl methyl sites for hydroxylation is 2. The zero-order valence-electron chi connectivity index (χ0n) is 12.7. The molecule has 4 nitrogen and oxygen atoms in total. The van der Waals surface area contributed by atoms with Crippen molar-refractivity contribution in [1.82, 2.24) is 19.7 Å². The summed E-state index contributed by atoms with van der Waals surface area (Å²) < 4.78 is 4.22. The molecule has 1 atom stereocenters. The monoisotopic (exact) mass is 294 g/mol. The van der Waals surface area contributed by atoms with Gasteiger partial charge >= 0.3 is 0 Å². The van der Waals surface area contributed by atoms with E-state index in [9.17, 15) is 0 Å². The van der Waals surface area contributed by atoms with E-state index in [0.29, 0.717) is 6.04 Å². The molecule has 2 aromatic rings. The molecule has 1 N–H and O–H groups in total. The summed E-state index contributed by atoms with van der Waals surface area (Å²) in [5.41, 5.74) is 3.24. The maximum absolute atomic E-state index is 6.39. The zero-order valence-corrected chi connectivity index (χ0v) is 13.4. The Morgan fingerprint density at radius 3 is 2.80 bits per heavy atom. The minimum Gasteiger partial charge on any atom is -0.344 e. The standard InChI is InChI=1S/C15H23ClN4/c1-5-17-11(3)13-8-7-9-19(13)10-14-15(16)12(4)18-20(14)6-2/h7-9,11,17H,5-6,10H2,1-4H3. The molecule has 2 aromatic heterocycles. The van der Waals surface area contributed by atoms with Crippen LogP contribution in [0.4, 0.5) is 0 Å². The summed E-state index contributed by atoms with van der Waals surface area (Å²) >= 11 is 6.39. The molecule has 5 heteroatoms. The molecule has 0 fully saturated rings. The molecule has 2 heterocycles. The third kappa shape index (κ3) is 2.91. The summed E-state index contributed by atoms with van der Waals surface area (Å²) in [4.78, 5) is 0. The third-order valence-corrected chi connectivity index (χ3v) is 4.08. The molecule has 20 heavy (non-hydrogen) atoms. The number of nitrogens with one attached hydrogen (secondary N) is 1. The van der Waals surface area contributed by atoms with Crippen LogP contribution in [0.1, 0.15) is 43.9 Å². The van der Waals surface area contributed by atoms with Crippen molar-refractivity contribution in [1.29, 1.82) is 0 Å². The Bertz CT molecular complexity index is 570. The van der Waals surface area contributed by atoms with Crippen LogP contribution in [0.25, 0.3) is 0 Å². The minimum absolute atomic E-state index is 0.327. The van der Waals surface area contributed by atoms with Gasteiger partial charge in [-0.05, 0) is 39.4 Å². The Kier molecular flexibility index (Phi) is 4.89. The second-order valence-corrected chi connectivity index (χ2v) is 5.38. The van der Waals surface area contributed by atoms with Crippen LogP contribution >= 0.6 is 11.6 Å². The number of halogens is 1. The lowest BCUT2D eigenvalue weighted by molar-refractivity contribution is 0.538. The van der Waals surface area contributed by atoms with E-state index in [-0.39, 0.29) is 0 Å². The summed E-state index contributed by atoms with van der Waals surface area (Å²) in [6.07, 6.45) is 2.10. The molecule has 0 saturated carbocycles. The van der Waals surface area contributed by atoms with Crippen molar-refractivity contribution in [3.63, 3.8) is 0 Å². The first kappa shape index (κ1) is 15.1. The minimum atomic E-state index is 0.327. The topological polar surface area (TPSA) is 34.8 Å². The van der Waals surface area contributed by atoms with Crippen molar-refractivity contribution < 1.29 is 0 Å². The molecular weight excluding hydrogens is 272 g/mol. The average molecular weight is 295 g/mol. The highest BCUT2D eigenvalue weighted by molar-refractivity contribution is 6.31. The normalized spacial score (nSPS) is 12.8. The van der Waals surface area contributed by atoms with E-state index in [2.05, 4.69) is 54.1 Å². The highest BCUT2D eigenvalue weighted by Gasteiger charge is 2.15. The second-order valence-electron chi connectivity index (χ2n) is 5.00. The van der Waals surface area contributed by atoms with Gasteiger partial charge in [-0.1, -0.05) is 18.5 Å². The Morgan fingerprint density at radius 1 is 1.40 bits per heavy atom. The van der Waals surface area contributed by atoms with Crippen LogP contribution < -0.4 is 5.32 Å². The Morgan fingerprint density at radius 2 is 2.15 bits per heavy atom. The van der Waals surface area contributed by atoms with E-state index >= 15 is 0 Å². The molecule has 0 bridgehead atoms. The molecule has 0 aliphatic carbocycles. The van der Waals surface area contributed by atoms with Crippen LogP contribution in [0.15, 0.2) is 18.3 Å². The van der Waals surface area contributed by atoms with Gasteiger partial charge in [0.2, 0.25) is 0 Å². The molecule has 0 radical (unpaired) electrons. The van der Waals surface area contributed by atoms with E-state index in [1.54, 1.807) is 0 Å². The molecule has 0 spiro atoms. The van der Waals surface area contributed by atoms with Crippen molar-refractivity contribution in [3.05, 3.63) is 40.4 Å². The van der Waals surface area contributed by atoms with Crippen molar-refractivity contribution >= 4 is 11.6 Å². The smallest absolute Gasteiger partial charge is 0.0865 e. The SMILES string of the molecule is CCNC(C)c1cccn1Cc1c(Cl)c(C)nn1CC. The first-order valence-corrected chi connectivity index (χ1v) is 7.56. The van der Waals surface area contributed by atoms with Crippen LogP contribution in [-0.4, -0.2) is 20.9 Å². The highest BCUT2D eigenvalue weighted by atomic mass is 35.5. The fourth-order valence-electron chi connectivity index (χ4n) is 2.56. The van der Waals surface area contributed by atoms with Gasteiger partial charge in [0.1, 0.15) is 0 Å². The largest absolute Gasteiger partial charge is 0.344 e. The van der Waals surface area contributed by atoms with Gasteiger partial charge in [0.25, 0.3) is 0 Å². The molecule has 0 aliphatic rings. The van der Waals surface area contributed by atoms with E-state index in [1.807, 2.05) is 11.6 Å². The summed E-state index contributed by atoms with van der Waals surface area (Å²) in [5, 5.41) is 8.70. The van der Waals surface area contributed by atoms with Gasteiger partial charge in [0.05, 0.1) is 23.0 Å². The van der Waals surface area contributed by atoms with Gasteiger partial charge < -0.3 is 9.88 Å². The number of aromatic nitrogens is 3. The lowest BCUT2D eigenvalue weighted by Crippen LogP contribution is -2.21. The van der Waals surface area contributed by atoms with Crippen molar-refractivity contribution in [3.8, 4) is 0 Å². The summed E-state index contributed by atoms with van der Waals surface area (Å²) in [7, 11) is 0. The molecule has 0 aliphatic heterocycles. The maximum atomic E-state index is 6.39. The number of hydrogen-bond acceptors (Lipinski definition) is 2.